The van der Waals surface area contributed by atoms with Gasteiger partial charge in [-0.05, 0) is 49.6 Å². The topological polar surface area (TPSA) is 29.9 Å². The molecule has 1 N–H and O–H groups in total. The molecule has 0 radical (unpaired) electrons. The van der Waals surface area contributed by atoms with Crippen molar-refractivity contribution in [3.05, 3.63) is 64.2 Å². The Morgan fingerprint density at radius 2 is 1.52 bits per heavy atom. The molecule has 10 heteroatoms. The number of nitrogens with one attached hydrogen (secondary N) is 1. The number of benzene rings is 2. The Balaban J connectivity index is 1.87. The Bertz CT molecular complexity index is 1100. The van der Waals surface area contributed by atoms with Gasteiger partial charge in [-0.3, -0.25) is 0 Å². The Kier molecular flexibility index (Phi) is 5.41. The third kappa shape index (κ3) is 4.23. The standard InChI is InChI=1S/C21H16ClF6N3/c22-16-9-8-14(21(26,27)28)11-17(16)31-19-15(3-1-2-10-29-19)18(30-31)12-4-6-13(7-5-12)20(23,24)25/h4-9,11,29H,1-3,10H2. The predicted molar refractivity (Wildman–Crippen MR) is 105 cm³/mol. The van der Waals surface area contributed by atoms with Crippen LogP contribution in [0.2, 0.25) is 5.02 Å². The van der Waals surface area contributed by atoms with Crippen molar-refractivity contribution in [3.8, 4) is 16.9 Å². The first-order valence-corrected chi connectivity index (χ1v) is 9.84. The minimum Gasteiger partial charge on any atom is -0.370 e. The van der Waals surface area contributed by atoms with Crippen LogP contribution in [0.25, 0.3) is 16.9 Å². The Labute approximate surface area is 178 Å². The first-order chi connectivity index (χ1) is 14.6. The molecule has 31 heavy (non-hydrogen) atoms. The first kappa shape index (κ1) is 21.5. The Morgan fingerprint density at radius 1 is 0.871 bits per heavy atom. The van der Waals surface area contributed by atoms with Crippen LogP contribution in [0.4, 0.5) is 32.2 Å². The number of halogens is 7. The van der Waals surface area contributed by atoms with E-state index >= 15 is 0 Å². The summed E-state index contributed by atoms with van der Waals surface area (Å²) in [6.07, 6.45) is -6.82. The fraction of sp³-hybridized carbons (Fsp3) is 0.286. The number of hydrogen-bond donors (Lipinski definition) is 1. The number of alkyl halides is 6. The predicted octanol–water partition coefficient (Wildman–Crippen LogP) is 6.98. The van der Waals surface area contributed by atoms with Crippen LogP contribution in [0.3, 0.4) is 0 Å². The smallest absolute Gasteiger partial charge is 0.370 e. The quantitative estimate of drug-likeness (QED) is 0.419. The minimum absolute atomic E-state index is 0.0419. The van der Waals surface area contributed by atoms with Crippen molar-refractivity contribution in [2.45, 2.75) is 31.6 Å². The molecule has 4 rings (SSSR count). The summed E-state index contributed by atoms with van der Waals surface area (Å²) in [6.45, 7) is 0.585. The zero-order valence-electron chi connectivity index (χ0n) is 15.9. The van der Waals surface area contributed by atoms with Crippen molar-refractivity contribution in [1.82, 2.24) is 9.78 Å². The SMILES string of the molecule is FC(F)(F)c1ccc(-c2nn(-c3cc(C(F)(F)F)ccc3Cl)c3c2CCCCN3)cc1. The van der Waals surface area contributed by atoms with Crippen LogP contribution in [-0.4, -0.2) is 16.3 Å². The molecular formula is C21H16ClF6N3. The van der Waals surface area contributed by atoms with Crippen LogP contribution in [0, 0.1) is 0 Å². The highest BCUT2D eigenvalue weighted by molar-refractivity contribution is 6.32. The maximum atomic E-state index is 13.2. The molecule has 0 atom stereocenters. The second-order valence-corrected chi connectivity index (χ2v) is 7.62. The van der Waals surface area contributed by atoms with Gasteiger partial charge in [0.1, 0.15) is 5.82 Å². The summed E-state index contributed by atoms with van der Waals surface area (Å²) in [7, 11) is 0. The van der Waals surface area contributed by atoms with Gasteiger partial charge < -0.3 is 5.32 Å². The van der Waals surface area contributed by atoms with Crippen molar-refractivity contribution >= 4 is 17.4 Å². The number of rotatable bonds is 2. The van der Waals surface area contributed by atoms with E-state index in [0.29, 0.717) is 30.0 Å². The van der Waals surface area contributed by atoms with Crippen LogP contribution in [0.15, 0.2) is 42.5 Å². The average molecular weight is 460 g/mol. The summed E-state index contributed by atoms with van der Waals surface area (Å²) >= 11 is 6.21. The maximum absolute atomic E-state index is 13.2. The highest BCUT2D eigenvalue weighted by Crippen LogP contribution is 2.39. The average Bonchev–Trinajstić information content (AvgIpc) is 2.88. The third-order valence-electron chi connectivity index (χ3n) is 5.12. The fourth-order valence-electron chi connectivity index (χ4n) is 3.58. The molecule has 0 saturated heterocycles. The van der Waals surface area contributed by atoms with Crippen molar-refractivity contribution in [1.29, 1.82) is 0 Å². The molecule has 2 aromatic carbocycles. The van der Waals surface area contributed by atoms with Crippen molar-refractivity contribution in [3.63, 3.8) is 0 Å². The lowest BCUT2D eigenvalue weighted by Gasteiger charge is -2.13. The molecule has 3 nitrogen and oxygen atoms in total. The zero-order chi connectivity index (χ0) is 22.4. The van der Waals surface area contributed by atoms with Gasteiger partial charge in [0.05, 0.1) is 27.5 Å². The number of fused-ring (bicyclic) bond motifs is 1. The lowest BCUT2D eigenvalue weighted by atomic mass is 10.0. The minimum atomic E-state index is -4.56. The molecule has 0 aliphatic carbocycles. The summed E-state index contributed by atoms with van der Waals surface area (Å²) in [5, 5.41) is 7.73. The third-order valence-corrected chi connectivity index (χ3v) is 5.44. The molecule has 0 fully saturated rings. The van der Waals surface area contributed by atoms with E-state index in [1.807, 2.05) is 0 Å². The molecule has 0 unspecified atom stereocenters. The molecular weight excluding hydrogens is 444 g/mol. The fourth-order valence-corrected chi connectivity index (χ4v) is 3.77. The number of anilines is 1. The van der Waals surface area contributed by atoms with E-state index in [1.54, 1.807) is 0 Å². The molecule has 0 amide bonds. The molecule has 1 aromatic heterocycles. The molecule has 164 valence electrons. The lowest BCUT2D eigenvalue weighted by Crippen LogP contribution is -2.10. The molecule has 1 aliphatic heterocycles. The summed E-state index contributed by atoms with van der Waals surface area (Å²) in [5.41, 5.74) is -0.0471. The monoisotopic (exact) mass is 459 g/mol. The van der Waals surface area contributed by atoms with Gasteiger partial charge in [-0.1, -0.05) is 23.7 Å². The first-order valence-electron chi connectivity index (χ1n) is 9.46. The highest BCUT2D eigenvalue weighted by Gasteiger charge is 2.33. The van der Waals surface area contributed by atoms with E-state index in [-0.39, 0.29) is 10.7 Å². The molecule has 0 spiro atoms. The number of aromatic nitrogens is 2. The molecule has 3 aromatic rings. The summed E-state index contributed by atoms with van der Waals surface area (Å²) < 4.78 is 79.8. The van der Waals surface area contributed by atoms with E-state index in [4.69, 9.17) is 11.6 Å². The lowest BCUT2D eigenvalue weighted by molar-refractivity contribution is -0.138. The van der Waals surface area contributed by atoms with Gasteiger partial charge in [0.15, 0.2) is 0 Å². The highest BCUT2D eigenvalue weighted by atomic mass is 35.5. The van der Waals surface area contributed by atoms with Gasteiger partial charge in [0.25, 0.3) is 0 Å². The van der Waals surface area contributed by atoms with E-state index in [0.717, 1.165) is 48.7 Å². The number of hydrogen-bond acceptors (Lipinski definition) is 2. The van der Waals surface area contributed by atoms with E-state index in [2.05, 4.69) is 10.4 Å². The van der Waals surface area contributed by atoms with E-state index in [9.17, 15) is 26.3 Å². The zero-order valence-corrected chi connectivity index (χ0v) is 16.7. The van der Waals surface area contributed by atoms with Crippen molar-refractivity contribution in [2.24, 2.45) is 0 Å². The van der Waals surface area contributed by atoms with Crippen LogP contribution in [0.1, 0.15) is 29.5 Å². The Hall–Kier alpha value is -2.68. The van der Waals surface area contributed by atoms with Crippen LogP contribution in [0.5, 0.6) is 0 Å². The largest absolute Gasteiger partial charge is 0.416 e. The van der Waals surface area contributed by atoms with E-state index < -0.39 is 23.5 Å². The summed E-state index contributed by atoms with van der Waals surface area (Å²) in [5.74, 6) is 0.494. The van der Waals surface area contributed by atoms with Gasteiger partial charge in [0, 0.05) is 17.7 Å². The van der Waals surface area contributed by atoms with Crippen LogP contribution >= 0.6 is 11.6 Å². The van der Waals surface area contributed by atoms with Crippen LogP contribution in [-0.2, 0) is 18.8 Å². The van der Waals surface area contributed by atoms with Crippen molar-refractivity contribution < 1.29 is 26.3 Å². The summed E-state index contributed by atoms with van der Waals surface area (Å²) in [6, 6.07) is 7.51. The second kappa shape index (κ2) is 7.78. The van der Waals surface area contributed by atoms with Crippen molar-refractivity contribution in [2.75, 3.05) is 11.9 Å². The van der Waals surface area contributed by atoms with E-state index in [1.165, 1.54) is 16.8 Å². The van der Waals surface area contributed by atoms with Gasteiger partial charge in [-0.25, -0.2) is 4.68 Å². The molecule has 0 saturated carbocycles. The van der Waals surface area contributed by atoms with Gasteiger partial charge >= 0.3 is 12.4 Å². The van der Waals surface area contributed by atoms with Crippen LogP contribution < -0.4 is 5.32 Å². The van der Waals surface area contributed by atoms with Gasteiger partial charge in [-0.15, -0.1) is 0 Å². The molecule has 2 heterocycles. The molecule has 1 aliphatic rings. The van der Waals surface area contributed by atoms with Gasteiger partial charge in [0.2, 0.25) is 0 Å². The molecule has 0 bridgehead atoms. The number of nitrogens with zero attached hydrogens (tertiary/aromatic N) is 2. The maximum Gasteiger partial charge on any atom is 0.416 e. The second-order valence-electron chi connectivity index (χ2n) is 7.21. The summed E-state index contributed by atoms with van der Waals surface area (Å²) in [4.78, 5) is 0. The normalized spacial score (nSPS) is 14.7. The van der Waals surface area contributed by atoms with Gasteiger partial charge in [-0.2, -0.15) is 31.4 Å². The Morgan fingerprint density at radius 3 is 2.16 bits per heavy atom.